The van der Waals surface area contributed by atoms with Crippen LogP contribution in [-0.4, -0.2) is 66.1 Å². The van der Waals surface area contributed by atoms with Crippen molar-refractivity contribution in [3.63, 3.8) is 0 Å². The Morgan fingerprint density at radius 2 is 1.59 bits per heavy atom. The van der Waals surface area contributed by atoms with Crippen molar-refractivity contribution in [1.29, 1.82) is 5.26 Å². The van der Waals surface area contributed by atoms with Gasteiger partial charge in [-0.05, 0) is 55.0 Å². The SMILES string of the molecule is Cc1nc(N(C)c2ccc(OCCN3CCN(Cc4ccccc4C#N)CC3)cc2)c2ccccc2n1. The summed E-state index contributed by atoms with van der Waals surface area (Å²) in [5.41, 5.74) is 3.88. The molecule has 1 saturated heterocycles. The highest BCUT2D eigenvalue weighted by molar-refractivity contribution is 5.91. The fourth-order valence-electron chi connectivity index (χ4n) is 4.79. The standard InChI is InChI=1S/C30H32N6O/c1-23-32-29-10-6-5-9-28(29)30(33-23)34(2)26-11-13-27(14-12-26)37-20-19-35-15-17-36(18-16-35)22-25-8-4-3-7-24(25)21-31/h3-14H,15-20,22H2,1-2H3. The molecule has 188 valence electrons. The number of aromatic nitrogens is 2. The molecule has 0 N–H and O–H groups in total. The van der Waals surface area contributed by atoms with Crippen LogP contribution in [0.15, 0.2) is 72.8 Å². The first-order valence-electron chi connectivity index (χ1n) is 12.7. The number of hydrogen-bond donors (Lipinski definition) is 0. The third kappa shape index (κ3) is 5.88. The van der Waals surface area contributed by atoms with Gasteiger partial charge in [-0.1, -0.05) is 30.3 Å². The van der Waals surface area contributed by atoms with Gasteiger partial charge in [0.25, 0.3) is 0 Å². The third-order valence-electron chi connectivity index (χ3n) is 6.91. The predicted molar refractivity (Wildman–Crippen MR) is 147 cm³/mol. The Kier molecular flexibility index (Phi) is 7.59. The minimum Gasteiger partial charge on any atom is -0.492 e. The van der Waals surface area contributed by atoms with Crippen LogP contribution in [0.5, 0.6) is 5.75 Å². The van der Waals surface area contributed by atoms with Crippen molar-refractivity contribution in [3.05, 3.63) is 89.7 Å². The summed E-state index contributed by atoms with van der Waals surface area (Å²) in [5, 5.41) is 10.4. The smallest absolute Gasteiger partial charge is 0.144 e. The number of benzene rings is 3. The van der Waals surface area contributed by atoms with Crippen molar-refractivity contribution in [2.75, 3.05) is 51.3 Å². The number of aryl methyl sites for hydroxylation is 1. The number of piperazine rings is 1. The van der Waals surface area contributed by atoms with E-state index >= 15 is 0 Å². The molecule has 3 aromatic carbocycles. The minimum absolute atomic E-state index is 0.655. The summed E-state index contributed by atoms with van der Waals surface area (Å²) >= 11 is 0. The summed E-state index contributed by atoms with van der Waals surface area (Å²) in [4.78, 5) is 16.2. The molecule has 1 fully saturated rings. The van der Waals surface area contributed by atoms with Crippen molar-refractivity contribution >= 4 is 22.4 Å². The van der Waals surface area contributed by atoms with Crippen LogP contribution in [0.25, 0.3) is 10.9 Å². The molecule has 1 aliphatic heterocycles. The molecular weight excluding hydrogens is 460 g/mol. The summed E-state index contributed by atoms with van der Waals surface area (Å²) in [6.45, 7) is 8.32. The maximum absolute atomic E-state index is 9.33. The zero-order chi connectivity index (χ0) is 25.6. The number of nitriles is 1. The normalized spacial score (nSPS) is 14.4. The molecule has 0 amide bonds. The van der Waals surface area contributed by atoms with Gasteiger partial charge < -0.3 is 9.64 Å². The van der Waals surface area contributed by atoms with Crippen LogP contribution in [0, 0.1) is 18.3 Å². The Labute approximate surface area is 218 Å². The maximum Gasteiger partial charge on any atom is 0.144 e. The minimum atomic E-state index is 0.655. The van der Waals surface area contributed by atoms with Gasteiger partial charge in [-0.15, -0.1) is 0 Å². The molecule has 0 unspecified atom stereocenters. The van der Waals surface area contributed by atoms with E-state index in [-0.39, 0.29) is 0 Å². The fraction of sp³-hybridized carbons (Fsp3) is 0.300. The van der Waals surface area contributed by atoms with Crippen LogP contribution in [0.2, 0.25) is 0 Å². The summed E-state index contributed by atoms with van der Waals surface area (Å²) in [5.74, 6) is 2.52. The molecule has 7 heteroatoms. The van der Waals surface area contributed by atoms with Gasteiger partial charge in [0.15, 0.2) is 0 Å². The Balaban J connectivity index is 1.11. The average molecular weight is 493 g/mol. The molecule has 0 saturated carbocycles. The van der Waals surface area contributed by atoms with Crippen LogP contribution in [0.4, 0.5) is 11.5 Å². The first kappa shape index (κ1) is 24.7. The molecule has 0 aliphatic carbocycles. The molecule has 0 bridgehead atoms. The number of anilines is 2. The van der Waals surface area contributed by atoms with Crippen molar-refractivity contribution in [2.45, 2.75) is 13.5 Å². The second-order valence-corrected chi connectivity index (χ2v) is 9.40. The van der Waals surface area contributed by atoms with Crippen molar-refractivity contribution in [3.8, 4) is 11.8 Å². The highest BCUT2D eigenvalue weighted by Gasteiger charge is 2.18. The molecule has 2 heterocycles. The lowest BCUT2D eigenvalue weighted by molar-refractivity contribution is 0.112. The predicted octanol–water partition coefficient (Wildman–Crippen LogP) is 4.77. The van der Waals surface area contributed by atoms with Gasteiger partial charge in [-0.3, -0.25) is 9.80 Å². The van der Waals surface area contributed by atoms with E-state index in [2.05, 4.69) is 50.0 Å². The molecule has 7 nitrogen and oxygen atoms in total. The lowest BCUT2D eigenvalue weighted by Crippen LogP contribution is -2.47. The quantitative estimate of drug-likeness (QED) is 0.351. The third-order valence-corrected chi connectivity index (χ3v) is 6.91. The summed E-state index contributed by atoms with van der Waals surface area (Å²) in [6.07, 6.45) is 0. The Bertz CT molecular complexity index is 1390. The largest absolute Gasteiger partial charge is 0.492 e. The zero-order valence-electron chi connectivity index (χ0n) is 21.5. The van der Waals surface area contributed by atoms with E-state index in [1.165, 1.54) is 0 Å². The maximum atomic E-state index is 9.33. The van der Waals surface area contributed by atoms with Gasteiger partial charge in [0.1, 0.15) is 24.0 Å². The van der Waals surface area contributed by atoms with E-state index in [1.807, 2.05) is 62.5 Å². The van der Waals surface area contributed by atoms with Gasteiger partial charge in [0, 0.05) is 57.4 Å². The van der Waals surface area contributed by atoms with Crippen LogP contribution in [0.3, 0.4) is 0 Å². The molecule has 1 aliphatic rings. The van der Waals surface area contributed by atoms with E-state index in [4.69, 9.17) is 9.72 Å². The number of fused-ring (bicyclic) bond motifs is 1. The summed E-state index contributed by atoms with van der Waals surface area (Å²) in [6, 6.07) is 26.5. The van der Waals surface area contributed by atoms with E-state index in [9.17, 15) is 5.26 Å². The van der Waals surface area contributed by atoms with Gasteiger partial charge >= 0.3 is 0 Å². The number of rotatable bonds is 8. The number of ether oxygens (including phenoxy) is 1. The Hall–Kier alpha value is -3.99. The molecule has 0 atom stereocenters. The fourth-order valence-corrected chi connectivity index (χ4v) is 4.79. The Morgan fingerprint density at radius 1 is 0.892 bits per heavy atom. The van der Waals surface area contributed by atoms with Crippen LogP contribution >= 0.6 is 0 Å². The van der Waals surface area contributed by atoms with Gasteiger partial charge in [0.2, 0.25) is 0 Å². The molecule has 37 heavy (non-hydrogen) atoms. The van der Waals surface area contributed by atoms with Crippen LogP contribution in [0.1, 0.15) is 17.0 Å². The highest BCUT2D eigenvalue weighted by Crippen LogP contribution is 2.29. The van der Waals surface area contributed by atoms with E-state index in [0.717, 1.165) is 84.4 Å². The molecule has 4 aromatic rings. The second-order valence-electron chi connectivity index (χ2n) is 9.40. The highest BCUT2D eigenvalue weighted by atomic mass is 16.5. The Morgan fingerprint density at radius 3 is 2.38 bits per heavy atom. The lowest BCUT2D eigenvalue weighted by Gasteiger charge is -2.34. The zero-order valence-corrected chi connectivity index (χ0v) is 21.5. The van der Waals surface area contributed by atoms with Crippen molar-refractivity contribution < 1.29 is 4.74 Å². The molecular formula is C30H32N6O. The average Bonchev–Trinajstić information content (AvgIpc) is 2.94. The molecule has 0 spiro atoms. The van der Waals surface area contributed by atoms with Crippen LogP contribution in [-0.2, 0) is 6.54 Å². The molecule has 1 aromatic heterocycles. The van der Waals surface area contributed by atoms with Gasteiger partial charge in [0.05, 0.1) is 17.1 Å². The first-order chi connectivity index (χ1) is 18.1. The second kappa shape index (κ2) is 11.4. The van der Waals surface area contributed by atoms with Crippen molar-refractivity contribution in [1.82, 2.24) is 19.8 Å². The summed E-state index contributed by atoms with van der Waals surface area (Å²) in [7, 11) is 2.03. The van der Waals surface area contributed by atoms with E-state index in [1.54, 1.807) is 0 Å². The van der Waals surface area contributed by atoms with E-state index < -0.39 is 0 Å². The van der Waals surface area contributed by atoms with E-state index in [0.29, 0.717) is 6.61 Å². The van der Waals surface area contributed by atoms with Gasteiger partial charge in [-0.2, -0.15) is 5.26 Å². The summed E-state index contributed by atoms with van der Waals surface area (Å²) < 4.78 is 6.06. The number of nitrogens with zero attached hydrogens (tertiary/aromatic N) is 6. The van der Waals surface area contributed by atoms with Gasteiger partial charge in [-0.25, -0.2) is 9.97 Å². The monoisotopic (exact) mass is 492 g/mol. The van der Waals surface area contributed by atoms with Crippen LogP contribution < -0.4 is 9.64 Å². The molecule has 0 radical (unpaired) electrons. The topological polar surface area (TPSA) is 68.5 Å². The van der Waals surface area contributed by atoms with Crippen molar-refractivity contribution in [2.24, 2.45) is 0 Å². The molecule has 5 rings (SSSR count). The number of hydrogen-bond acceptors (Lipinski definition) is 7. The first-order valence-corrected chi connectivity index (χ1v) is 12.7. The lowest BCUT2D eigenvalue weighted by atomic mass is 10.1. The number of para-hydroxylation sites is 1.